The fourth-order valence-electron chi connectivity index (χ4n) is 4.75. The number of fused-ring (bicyclic) bond motifs is 2. The van der Waals surface area contributed by atoms with Gasteiger partial charge in [0.2, 0.25) is 5.65 Å². The Labute approximate surface area is 211 Å². The summed E-state index contributed by atoms with van der Waals surface area (Å²) in [5.74, 6) is 2.11. The molecule has 1 saturated heterocycles. The second-order valence-corrected chi connectivity index (χ2v) is 9.84. The Morgan fingerprint density at radius 2 is 1.97 bits per heavy atom. The number of hydrogen-bond donors (Lipinski definition) is 1. The lowest BCUT2D eigenvalue weighted by molar-refractivity contribution is -0.141. The number of nitrogens with one attached hydrogen (secondary N) is 1. The molecule has 1 aliphatic heterocycles. The molecule has 37 heavy (non-hydrogen) atoms. The van der Waals surface area contributed by atoms with Crippen LogP contribution in [0.4, 0.5) is 24.8 Å². The zero-order valence-corrected chi connectivity index (χ0v) is 21.4. The molecular weight excluding hydrogens is 487 g/mol. The van der Waals surface area contributed by atoms with E-state index in [-0.39, 0.29) is 12.1 Å². The maximum absolute atomic E-state index is 13.6. The van der Waals surface area contributed by atoms with Gasteiger partial charge in [0, 0.05) is 30.9 Å². The molecule has 0 bridgehead atoms. The summed E-state index contributed by atoms with van der Waals surface area (Å²) in [6.45, 7) is 11.1. The number of aryl methyl sites for hydroxylation is 1. The smallest absolute Gasteiger partial charge is 0.377 e. The summed E-state index contributed by atoms with van der Waals surface area (Å²) >= 11 is 0. The number of morpholine rings is 1. The van der Waals surface area contributed by atoms with E-state index in [1.807, 2.05) is 26.8 Å². The molecule has 2 atom stereocenters. The van der Waals surface area contributed by atoms with Gasteiger partial charge >= 0.3 is 6.18 Å². The average molecular weight is 518 g/mol. The average Bonchev–Trinajstić information content (AvgIpc) is 3.38. The molecule has 0 saturated carbocycles. The summed E-state index contributed by atoms with van der Waals surface area (Å²) in [5, 5.41) is 11.6. The number of imidazole rings is 1. The van der Waals surface area contributed by atoms with Crippen LogP contribution in [0.25, 0.3) is 28.2 Å². The van der Waals surface area contributed by atoms with Crippen molar-refractivity contribution < 1.29 is 17.9 Å². The van der Waals surface area contributed by atoms with Gasteiger partial charge in [-0.05, 0) is 34.6 Å². The number of alkyl halides is 3. The van der Waals surface area contributed by atoms with E-state index in [0.29, 0.717) is 65.4 Å². The van der Waals surface area contributed by atoms with Gasteiger partial charge in [-0.15, -0.1) is 10.2 Å². The molecule has 0 aromatic carbocycles. The van der Waals surface area contributed by atoms with Crippen LogP contribution in [-0.2, 0) is 4.74 Å². The Morgan fingerprint density at radius 3 is 2.68 bits per heavy atom. The van der Waals surface area contributed by atoms with Crippen LogP contribution in [0.3, 0.4) is 0 Å². The molecule has 0 radical (unpaired) electrons. The molecule has 4 aromatic heterocycles. The van der Waals surface area contributed by atoms with Crippen molar-refractivity contribution in [1.82, 2.24) is 34.1 Å². The van der Waals surface area contributed by atoms with E-state index in [4.69, 9.17) is 14.7 Å². The van der Waals surface area contributed by atoms with E-state index in [0.717, 1.165) is 0 Å². The van der Waals surface area contributed by atoms with E-state index in [1.165, 1.54) is 0 Å². The maximum atomic E-state index is 13.6. The highest BCUT2D eigenvalue weighted by molar-refractivity contribution is 5.82. The molecule has 5 rings (SSSR count). The monoisotopic (exact) mass is 517 g/mol. The third-order valence-corrected chi connectivity index (χ3v) is 6.41. The standard InChI is InChI=1S/C24H30F3N9O/c1-13(2)29-21-23-33-32-16(5)35(23)11-18(30-21)22-31-17-10-28-20(34-6-7-37-12-15(34)4)8-19(17)36(22)14(3)9-24(25,26)27/h8,10-11,13-15H,6-7,9,12H2,1-5H3,(H,29,30). The van der Waals surface area contributed by atoms with Gasteiger partial charge in [0.25, 0.3) is 0 Å². The number of nitrogens with zero attached hydrogens (tertiary/aromatic N) is 8. The lowest BCUT2D eigenvalue weighted by Crippen LogP contribution is -2.44. The summed E-state index contributed by atoms with van der Waals surface area (Å²) in [6.07, 6.45) is -2.04. The Morgan fingerprint density at radius 1 is 1.19 bits per heavy atom. The molecule has 1 fully saturated rings. The highest BCUT2D eigenvalue weighted by Gasteiger charge is 2.33. The van der Waals surface area contributed by atoms with E-state index < -0.39 is 18.6 Å². The first kappa shape index (κ1) is 25.2. The van der Waals surface area contributed by atoms with Crippen LogP contribution in [-0.4, -0.2) is 72.1 Å². The molecule has 5 heterocycles. The molecule has 4 aromatic rings. The van der Waals surface area contributed by atoms with Gasteiger partial charge in [0.15, 0.2) is 11.6 Å². The van der Waals surface area contributed by atoms with Gasteiger partial charge < -0.3 is 19.5 Å². The number of hydrogen-bond acceptors (Lipinski definition) is 8. The van der Waals surface area contributed by atoms with Crippen LogP contribution >= 0.6 is 0 Å². The number of halogens is 3. The van der Waals surface area contributed by atoms with Crippen molar-refractivity contribution in [2.75, 3.05) is 30.0 Å². The quantitative estimate of drug-likeness (QED) is 0.402. The fraction of sp³-hybridized carbons (Fsp3) is 0.542. The third kappa shape index (κ3) is 4.91. The number of ether oxygens (including phenoxy) is 1. The molecule has 198 valence electrons. The summed E-state index contributed by atoms with van der Waals surface area (Å²) in [5.41, 5.74) is 2.00. The Balaban J connectivity index is 1.72. The van der Waals surface area contributed by atoms with Gasteiger partial charge in [-0.1, -0.05) is 0 Å². The summed E-state index contributed by atoms with van der Waals surface area (Å²) in [6, 6.07) is 1.02. The van der Waals surface area contributed by atoms with Crippen LogP contribution in [0.2, 0.25) is 0 Å². The van der Waals surface area contributed by atoms with Gasteiger partial charge in [-0.25, -0.2) is 15.0 Å². The Bertz CT molecular complexity index is 1430. The molecule has 1 aliphatic rings. The molecule has 0 aliphatic carbocycles. The molecule has 1 N–H and O–H groups in total. The minimum Gasteiger partial charge on any atom is -0.377 e. The van der Waals surface area contributed by atoms with E-state index >= 15 is 0 Å². The maximum Gasteiger partial charge on any atom is 0.391 e. The number of pyridine rings is 1. The van der Waals surface area contributed by atoms with Crippen molar-refractivity contribution in [2.45, 2.75) is 65.3 Å². The summed E-state index contributed by atoms with van der Waals surface area (Å²) in [7, 11) is 0. The lowest BCUT2D eigenvalue weighted by Gasteiger charge is -2.34. The van der Waals surface area contributed by atoms with Crippen LogP contribution in [0.15, 0.2) is 18.5 Å². The molecule has 2 unspecified atom stereocenters. The van der Waals surface area contributed by atoms with E-state index in [2.05, 4.69) is 25.4 Å². The first-order valence-corrected chi connectivity index (χ1v) is 12.3. The largest absolute Gasteiger partial charge is 0.391 e. The molecule has 0 spiro atoms. The molecular formula is C24H30F3N9O. The van der Waals surface area contributed by atoms with Gasteiger partial charge in [-0.3, -0.25) is 4.40 Å². The summed E-state index contributed by atoms with van der Waals surface area (Å²) < 4.78 is 49.6. The number of aromatic nitrogens is 7. The van der Waals surface area contributed by atoms with E-state index in [9.17, 15) is 13.2 Å². The second-order valence-electron chi connectivity index (χ2n) is 9.84. The van der Waals surface area contributed by atoms with E-state index in [1.54, 1.807) is 35.2 Å². The second kappa shape index (κ2) is 9.43. The van der Waals surface area contributed by atoms with Crippen molar-refractivity contribution >= 4 is 28.3 Å². The number of rotatable bonds is 6. The lowest BCUT2D eigenvalue weighted by atomic mass is 10.2. The predicted octanol–water partition coefficient (Wildman–Crippen LogP) is 4.40. The predicted molar refractivity (Wildman–Crippen MR) is 134 cm³/mol. The van der Waals surface area contributed by atoms with Gasteiger partial charge in [-0.2, -0.15) is 13.2 Å². The summed E-state index contributed by atoms with van der Waals surface area (Å²) in [4.78, 5) is 16.2. The first-order chi connectivity index (χ1) is 17.5. The fourth-order valence-corrected chi connectivity index (χ4v) is 4.75. The van der Waals surface area contributed by atoms with Crippen molar-refractivity contribution in [3.8, 4) is 11.5 Å². The minimum atomic E-state index is -4.35. The number of anilines is 2. The topological polar surface area (TPSA) is 98.3 Å². The Hall–Kier alpha value is -3.48. The van der Waals surface area contributed by atoms with Crippen molar-refractivity contribution in [3.63, 3.8) is 0 Å². The van der Waals surface area contributed by atoms with Crippen LogP contribution in [0, 0.1) is 6.92 Å². The third-order valence-electron chi connectivity index (χ3n) is 6.41. The van der Waals surface area contributed by atoms with Gasteiger partial charge in [0.05, 0.1) is 37.4 Å². The van der Waals surface area contributed by atoms with Crippen LogP contribution in [0.5, 0.6) is 0 Å². The zero-order chi connectivity index (χ0) is 26.5. The van der Waals surface area contributed by atoms with Crippen molar-refractivity contribution in [1.29, 1.82) is 0 Å². The first-order valence-electron chi connectivity index (χ1n) is 12.3. The van der Waals surface area contributed by atoms with Crippen molar-refractivity contribution in [3.05, 3.63) is 24.3 Å². The molecule has 10 nitrogen and oxygen atoms in total. The molecule has 13 heteroatoms. The van der Waals surface area contributed by atoms with Crippen molar-refractivity contribution in [2.24, 2.45) is 0 Å². The minimum absolute atomic E-state index is 0.0498. The molecule has 0 amide bonds. The highest BCUT2D eigenvalue weighted by atomic mass is 19.4. The van der Waals surface area contributed by atoms with Crippen LogP contribution < -0.4 is 10.2 Å². The zero-order valence-electron chi connectivity index (χ0n) is 21.4. The SMILES string of the molecule is Cc1nnc2c(NC(C)C)nc(-c3nc4cnc(N5CCOCC5C)cc4n3C(C)CC(F)(F)F)cn12. The normalized spacial score (nSPS) is 17.8. The Kier molecular flexibility index (Phi) is 6.42. The highest BCUT2D eigenvalue weighted by Crippen LogP contribution is 2.35. The van der Waals surface area contributed by atoms with Gasteiger partial charge in [0.1, 0.15) is 22.9 Å². The van der Waals surface area contributed by atoms with Crippen LogP contribution in [0.1, 0.15) is 46.0 Å².